The van der Waals surface area contributed by atoms with Gasteiger partial charge in [0.25, 0.3) is 0 Å². The molecule has 0 N–H and O–H groups in total. The number of carbonyl (C=O) groups excluding carboxylic acids is 1. The Morgan fingerprint density at radius 1 is 1.35 bits per heavy atom. The summed E-state index contributed by atoms with van der Waals surface area (Å²) in [5, 5.41) is 3.21. The van der Waals surface area contributed by atoms with Crippen LogP contribution in [-0.2, 0) is 11.2 Å². The monoisotopic (exact) mass is 295 g/mol. The smallest absolute Gasteiger partial charge is 0.223 e. The van der Waals surface area contributed by atoms with E-state index in [4.69, 9.17) is 0 Å². The van der Waals surface area contributed by atoms with E-state index in [1.54, 1.807) is 11.3 Å². The SMILES string of the molecule is CCN1CCN(C(=O)CCc2nc(C(C)C)cs2)CC1. The Bertz CT molecular complexity index is 436. The van der Waals surface area contributed by atoms with Crippen molar-refractivity contribution in [3.05, 3.63) is 16.1 Å². The lowest BCUT2D eigenvalue weighted by Crippen LogP contribution is -2.48. The summed E-state index contributed by atoms with van der Waals surface area (Å²) in [4.78, 5) is 21.2. The highest BCUT2D eigenvalue weighted by Crippen LogP contribution is 2.19. The van der Waals surface area contributed by atoms with E-state index >= 15 is 0 Å². The molecule has 4 nitrogen and oxygen atoms in total. The average molecular weight is 295 g/mol. The summed E-state index contributed by atoms with van der Waals surface area (Å²) < 4.78 is 0. The van der Waals surface area contributed by atoms with Crippen LogP contribution in [0.15, 0.2) is 5.38 Å². The van der Waals surface area contributed by atoms with Crippen molar-refractivity contribution in [2.45, 2.75) is 39.5 Å². The first-order valence-corrected chi connectivity index (χ1v) is 8.42. The van der Waals surface area contributed by atoms with Gasteiger partial charge in [-0.3, -0.25) is 4.79 Å². The summed E-state index contributed by atoms with van der Waals surface area (Å²) in [7, 11) is 0. The molecule has 0 atom stereocenters. The van der Waals surface area contributed by atoms with Crippen LogP contribution in [0, 0.1) is 0 Å². The highest BCUT2D eigenvalue weighted by Gasteiger charge is 2.20. The summed E-state index contributed by atoms with van der Waals surface area (Å²) in [5.74, 6) is 0.750. The van der Waals surface area contributed by atoms with Crippen LogP contribution < -0.4 is 0 Å². The van der Waals surface area contributed by atoms with Gasteiger partial charge >= 0.3 is 0 Å². The van der Waals surface area contributed by atoms with Gasteiger partial charge in [-0.25, -0.2) is 4.98 Å². The van der Waals surface area contributed by atoms with Crippen LogP contribution in [-0.4, -0.2) is 53.4 Å². The molecular weight excluding hydrogens is 270 g/mol. The van der Waals surface area contributed by atoms with Gasteiger partial charge < -0.3 is 9.80 Å². The van der Waals surface area contributed by atoms with Crippen LogP contribution in [0.2, 0.25) is 0 Å². The quantitative estimate of drug-likeness (QED) is 0.837. The van der Waals surface area contributed by atoms with E-state index in [9.17, 15) is 4.79 Å². The normalized spacial score (nSPS) is 16.9. The summed E-state index contributed by atoms with van der Waals surface area (Å²) in [6.07, 6.45) is 1.38. The van der Waals surface area contributed by atoms with Gasteiger partial charge in [0.2, 0.25) is 5.91 Å². The fourth-order valence-electron chi connectivity index (χ4n) is 2.39. The molecule has 1 saturated heterocycles. The zero-order valence-electron chi connectivity index (χ0n) is 12.8. The lowest BCUT2D eigenvalue weighted by atomic mass is 10.2. The van der Waals surface area contributed by atoms with Crippen LogP contribution in [0.4, 0.5) is 0 Å². The van der Waals surface area contributed by atoms with E-state index in [0.717, 1.165) is 49.8 Å². The van der Waals surface area contributed by atoms with Gasteiger partial charge in [-0.05, 0) is 12.5 Å². The molecule has 1 amide bonds. The molecule has 0 bridgehead atoms. The number of aryl methyl sites for hydroxylation is 1. The van der Waals surface area contributed by atoms with Crippen molar-refractivity contribution < 1.29 is 4.79 Å². The minimum absolute atomic E-state index is 0.280. The summed E-state index contributed by atoms with van der Waals surface area (Å²) >= 11 is 1.68. The van der Waals surface area contributed by atoms with Gasteiger partial charge in [0, 0.05) is 44.4 Å². The first-order chi connectivity index (χ1) is 9.60. The third-order valence-corrected chi connectivity index (χ3v) is 4.81. The Morgan fingerprint density at radius 2 is 2.05 bits per heavy atom. The van der Waals surface area contributed by atoms with Crippen molar-refractivity contribution >= 4 is 17.2 Å². The highest BCUT2D eigenvalue weighted by molar-refractivity contribution is 7.09. The lowest BCUT2D eigenvalue weighted by Gasteiger charge is -2.34. The molecule has 1 aromatic heterocycles. The number of piperazine rings is 1. The molecule has 112 valence electrons. The van der Waals surface area contributed by atoms with Crippen molar-refractivity contribution in [1.82, 2.24) is 14.8 Å². The molecule has 0 radical (unpaired) electrons. The van der Waals surface area contributed by atoms with Crippen LogP contribution in [0.3, 0.4) is 0 Å². The number of aromatic nitrogens is 1. The van der Waals surface area contributed by atoms with Gasteiger partial charge in [-0.2, -0.15) is 0 Å². The van der Waals surface area contributed by atoms with Crippen molar-refractivity contribution in [2.75, 3.05) is 32.7 Å². The second-order valence-electron chi connectivity index (χ2n) is 5.64. The number of hydrogen-bond acceptors (Lipinski definition) is 4. The topological polar surface area (TPSA) is 36.4 Å². The minimum atomic E-state index is 0.280. The molecule has 0 spiro atoms. The number of rotatable bonds is 5. The summed E-state index contributed by atoms with van der Waals surface area (Å²) in [6.45, 7) is 11.3. The predicted molar refractivity (Wildman–Crippen MR) is 83.2 cm³/mol. The molecule has 2 heterocycles. The predicted octanol–water partition coefficient (Wildman–Crippen LogP) is 2.36. The molecule has 1 aromatic rings. The Balaban J connectivity index is 1.77. The highest BCUT2D eigenvalue weighted by atomic mass is 32.1. The van der Waals surface area contributed by atoms with E-state index in [-0.39, 0.29) is 5.91 Å². The third kappa shape index (κ3) is 4.03. The molecule has 0 unspecified atom stereocenters. The maximum Gasteiger partial charge on any atom is 0.223 e. The third-order valence-electron chi connectivity index (χ3n) is 3.89. The first-order valence-electron chi connectivity index (χ1n) is 7.54. The Kier molecular flexibility index (Phi) is 5.54. The second-order valence-corrected chi connectivity index (χ2v) is 6.58. The van der Waals surface area contributed by atoms with Gasteiger partial charge in [0.1, 0.15) is 0 Å². The van der Waals surface area contributed by atoms with Gasteiger partial charge in [0.05, 0.1) is 10.7 Å². The zero-order chi connectivity index (χ0) is 14.5. The number of hydrogen-bond donors (Lipinski definition) is 0. The molecule has 1 aliphatic heterocycles. The maximum absolute atomic E-state index is 12.2. The van der Waals surface area contributed by atoms with Crippen LogP contribution >= 0.6 is 11.3 Å². The van der Waals surface area contributed by atoms with E-state index < -0.39 is 0 Å². The van der Waals surface area contributed by atoms with Gasteiger partial charge in [-0.15, -0.1) is 11.3 Å². The summed E-state index contributed by atoms with van der Waals surface area (Å²) in [6, 6.07) is 0. The average Bonchev–Trinajstić information content (AvgIpc) is 2.94. The van der Waals surface area contributed by atoms with E-state index in [1.165, 1.54) is 0 Å². The number of thiazole rings is 1. The molecule has 0 aliphatic carbocycles. The van der Waals surface area contributed by atoms with Crippen LogP contribution in [0.25, 0.3) is 0 Å². The number of likely N-dealkylation sites (N-methyl/N-ethyl adjacent to an activating group) is 1. The standard InChI is InChI=1S/C15H25N3OS/c1-4-17-7-9-18(10-8-17)15(19)6-5-14-16-13(11-20-14)12(2)3/h11-12H,4-10H2,1-3H3. The van der Waals surface area contributed by atoms with Crippen LogP contribution in [0.1, 0.15) is 43.8 Å². The molecule has 2 rings (SSSR count). The van der Waals surface area contributed by atoms with Crippen molar-refractivity contribution in [3.8, 4) is 0 Å². The number of carbonyl (C=O) groups is 1. The molecule has 5 heteroatoms. The molecule has 0 saturated carbocycles. The Hall–Kier alpha value is -0.940. The van der Waals surface area contributed by atoms with E-state index in [0.29, 0.717) is 12.3 Å². The Labute approximate surface area is 125 Å². The van der Waals surface area contributed by atoms with Crippen LogP contribution in [0.5, 0.6) is 0 Å². The largest absolute Gasteiger partial charge is 0.340 e. The van der Waals surface area contributed by atoms with E-state index in [1.807, 2.05) is 4.90 Å². The number of nitrogens with zero attached hydrogens (tertiary/aromatic N) is 3. The Morgan fingerprint density at radius 3 is 2.60 bits per heavy atom. The van der Waals surface area contributed by atoms with Crippen molar-refractivity contribution in [1.29, 1.82) is 0 Å². The van der Waals surface area contributed by atoms with Gasteiger partial charge in [0.15, 0.2) is 0 Å². The summed E-state index contributed by atoms with van der Waals surface area (Å²) in [5.41, 5.74) is 1.15. The van der Waals surface area contributed by atoms with Crippen molar-refractivity contribution in [3.63, 3.8) is 0 Å². The molecular formula is C15H25N3OS. The van der Waals surface area contributed by atoms with E-state index in [2.05, 4.69) is 36.0 Å². The second kappa shape index (κ2) is 7.18. The maximum atomic E-state index is 12.2. The molecule has 1 aliphatic rings. The first kappa shape index (κ1) is 15.4. The number of amides is 1. The molecule has 1 fully saturated rings. The molecule has 0 aromatic carbocycles. The fraction of sp³-hybridized carbons (Fsp3) is 0.733. The van der Waals surface area contributed by atoms with Gasteiger partial charge in [-0.1, -0.05) is 20.8 Å². The minimum Gasteiger partial charge on any atom is -0.340 e. The lowest BCUT2D eigenvalue weighted by molar-refractivity contribution is -0.132. The zero-order valence-corrected chi connectivity index (χ0v) is 13.6. The fourth-order valence-corrected chi connectivity index (χ4v) is 3.35. The van der Waals surface area contributed by atoms with Crippen molar-refractivity contribution in [2.24, 2.45) is 0 Å². The molecule has 20 heavy (non-hydrogen) atoms.